The van der Waals surface area contributed by atoms with Gasteiger partial charge in [0.15, 0.2) is 5.65 Å². The highest BCUT2D eigenvalue weighted by molar-refractivity contribution is 5.85. The Bertz CT molecular complexity index is 606. The fourth-order valence-electron chi connectivity index (χ4n) is 1.59. The topological polar surface area (TPSA) is 80.4 Å². The fraction of sp³-hybridized carbons (Fsp3) is 0.364. The van der Waals surface area contributed by atoms with Crippen LogP contribution in [0.15, 0.2) is 29.2 Å². The van der Waals surface area contributed by atoms with Crippen molar-refractivity contribution in [3.8, 4) is 0 Å². The second kappa shape index (κ2) is 6.91. The number of nitrogens with zero attached hydrogens (tertiary/aromatic N) is 3. The van der Waals surface area contributed by atoms with Crippen LogP contribution in [0.25, 0.3) is 5.65 Å². The normalized spacial score (nSPS) is 10.2. The number of carbonyl (C=O) groups is 1. The van der Waals surface area contributed by atoms with Crippen LogP contribution in [0.4, 0.5) is 0 Å². The number of aromatic nitrogens is 3. The molecule has 2 aromatic rings. The third kappa shape index (κ3) is 3.55. The van der Waals surface area contributed by atoms with Crippen LogP contribution in [-0.2, 0) is 11.3 Å². The Labute approximate surface area is 116 Å². The molecule has 2 aromatic heterocycles. The first-order chi connectivity index (χ1) is 8.72. The molecule has 2 rings (SSSR count). The van der Waals surface area contributed by atoms with E-state index in [2.05, 4.69) is 15.7 Å². The lowest BCUT2D eigenvalue weighted by molar-refractivity contribution is -0.121. The zero-order chi connectivity index (χ0) is 13.0. The molecule has 0 radical (unpaired) electrons. The number of pyridine rings is 1. The molecule has 104 valence electrons. The Hall–Kier alpha value is -1.86. The first-order valence-corrected chi connectivity index (χ1v) is 5.68. The first kappa shape index (κ1) is 15.2. The van der Waals surface area contributed by atoms with Gasteiger partial charge in [-0.2, -0.15) is 0 Å². The third-order valence-electron chi connectivity index (χ3n) is 2.48. The van der Waals surface area contributed by atoms with Gasteiger partial charge in [0.2, 0.25) is 5.91 Å². The molecular weight excluding hydrogens is 270 g/mol. The summed E-state index contributed by atoms with van der Waals surface area (Å²) < 4.78 is 2.56. The molecule has 0 saturated heterocycles. The number of likely N-dealkylation sites (N-methyl/N-ethyl adjacent to an activating group) is 1. The Morgan fingerprint density at radius 2 is 2.16 bits per heavy atom. The summed E-state index contributed by atoms with van der Waals surface area (Å²) in [5, 5.41) is 9.68. The second-order valence-electron chi connectivity index (χ2n) is 3.82. The van der Waals surface area contributed by atoms with Gasteiger partial charge in [0.05, 0.1) is 0 Å². The molecule has 8 heteroatoms. The van der Waals surface area contributed by atoms with Gasteiger partial charge in [0, 0.05) is 19.3 Å². The summed E-state index contributed by atoms with van der Waals surface area (Å²) in [5.41, 5.74) is 0.222. The summed E-state index contributed by atoms with van der Waals surface area (Å²) in [6.07, 6.45) is 1.63. The van der Waals surface area contributed by atoms with Crippen LogP contribution in [0.2, 0.25) is 0 Å². The van der Waals surface area contributed by atoms with E-state index < -0.39 is 0 Å². The lowest BCUT2D eigenvalue weighted by Crippen LogP contribution is -2.35. The summed E-state index contributed by atoms with van der Waals surface area (Å²) in [6, 6.07) is 5.25. The van der Waals surface area contributed by atoms with Crippen molar-refractivity contribution in [3.63, 3.8) is 0 Å². The Balaban J connectivity index is 0.00000180. The van der Waals surface area contributed by atoms with Crippen LogP contribution in [0.1, 0.15) is 0 Å². The maximum Gasteiger partial charge on any atom is 0.350 e. The monoisotopic (exact) mass is 285 g/mol. The number of hydrogen-bond acceptors (Lipinski definition) is 4. The van der Waals surface area contributed by atoms with Gasteiger partial charge in [-0.05, 0) is 19.2 Å². The van der Waals surface area contributed by atoms with Crippen molar-refractivity contribution in [1.82, 2.24) is 24.8 Å². The molecule has 2 N–H and O–H groups in total. The van der Waals surface area contributed by atoms with E-state index in [1.165, 1.54) is 4.40 Å². The average molecular weight is 286 g/mol. The van der Waals surface area contributed by atoms with Crippen molar-refractivity contribution < 1.29 is 4.79 Å². The lowest BCUT2D eigenvalue weighted by atomic mass is 10.5. The van der Waals surface area contributed by atoms with Gasteiger partial charge in [-0.1, -0.05) is 6.07 Å². The molecule has 0 spiro atoms. The van der Waals surface area contributed by atoms with Crippen LogP contribution in [0.5, 0.6) is 0 Å². The number of halogens is 1. The molecule has 0 aliphatic heterocycles. The van der Waals surface area contributed by atoms with Crippen LogP contribution >= 0.6 is 12.4 Å². The molecule has 1 amide bonds. The Morgan fingerprint density at radius 3 is 2.84 bits per heavy atom. The molecule has 0 aliphatic rings. The summed E-state index contributed by atoms with van der Waals surface area (Å²) in [5.74, 6) is -0.226. The van der Waals surface area contributed by atoms with Gasteiger partial charge in [0.25, 0.3) is 0 Å². The molecule has 0 aliphatic carbocycles. The predicted molar refractivity (Wildman–Crippen MR) is 73.6 cm³/mol. The highest BCUT2D eigenvalue weighted by Crippen LogP contribution is 1.94. The third-order valence-corrected chi connectivity index (χ3v) is 2.48. The number of hydrogen-bond donors (Lipinski definition) is 2. The summed E-state index contributed by atoms with van der Waals surface area (Å²) in [6.45, 7) is 1.15. The zero-order valence-electron chi connectivity index (χ0n) is 10.5. The first-order valence-electron chi connectivity index (χ1n) is 5.68. The molecule has 0 saturated carbocycles. The summed E-state index contributed by atoms with van der Waals surface area (Å²) >= 11 is 0. The van der Waals surface area contributed by atoms with E-state index in [9.17, 15) is 9.59 Å². The van der Waals surface area contributed by atoms with Crippen LogP contribution in [0.3, 0.4) is 0 Å². The van der Waals surface area contributed by atoms with Crippen LogP contribution < -0.4 is 16.3 Å². The molecule has 0 atom stereocenters. The highest BCUT2D eigenvalue weighted by Gasteiger charge is 2.09. The van der Waals surface area contributed by atoms with Crippen molar-refractivity contribution in [2.75, 3.05) is 20.1 Å². The van der Waals surface area contributed by atoms with E-state index in [-0.39, 0.29) is 30.5 Å². The minimum Gasteiger partial charge on any atom is -0.353 e. The number of amides is 1. The highest BCUT2D eigenvalue weighted by atomic mass is 35.5. The van der Waals surface area contributed by atoms with Gasteiger partial charge >= 0.3 is 5.69 Å². The maximum atomic E-state index is 11.9. The maximum absolute atomic E-state index is 11.9. The average Bonchev–Trinajstić information content (AvgIpc) is 2.67. The van der Waals surface area contributed by atoms with Gasteiger partial charge < -0.3 is 10.6 Å². The molecular formula is C11H16ClN5O2. The standard InChI is InChI=1S/C11H15N5O2.ClH/c1-12-5-6-13-10(17)8-16-11(18)15-7-3-2-4-9(15)14-16;/h2-4,7,12H,5-6,8H2,1H3,(H,13,17);1H. The van der Waals surface area contributed by atoms with E-state index in [0.717, 1.165) is 4.68 Å². The minimum absolute atomic E-state index is 0. The minimum atomic E-state index is -0.311. The van der Waals surface area contributed by atoms with E-state index >= 15 is 0 Å². The quantitative estimate of drug-likeness (QED) is 0.709. The molecule has 0 aromatic carbocycles. The lowest BCUT2D eigenvalue weighted by Gasteiger charge is -2.03. The Morgan fingerprint density at radius 1 is 1.37 bits per heavy atom. The molecule has 7 nitrogen and oxygen atoms in total. The molecule has 19 heavy (non-hydrogen) atoms. The SMILES string of the molecule is CNCCNC(=O)Cn1nc2ccccn2c1=O.Cl. The van der Waals surface area contributed by atoms with Crippen molar-refractivity contribution in [3.05, 3.63) is 34.9 Å². The van der Waals surface area contributed by atoms with Crippen molar-refractivity contribution in [1.29, 1.82) is 0 Å². The second-order valence-corrected chi connectivity index (χ2v) is 3.82. The van der Waals surface area contributed by atoms with Crippen molar-refractivity contribution in [2.24, 2.45) is 0 Å². The Kier molecular flexibility index (Phi) is 5.53. The molecule has 0 unspecified atom stereocenters. The fourth-order valence-corrected chi connectivity index (χ4v) is 1.59. The molecule has 2 heterocycles. The predicted octanol–water partition coefficient (Wildman–Crippen LogP) is -0.747. The molecule has 0 fully saturated rings. The van der Waals surface area contributed by atoms with Crippen LogP contribution in [0, 0.1) is 0 Å². The van der Waals surface area contributed by atoms with Crippen molar-refractivity contribution >= 4 is 24.0 Å². The number of carbonyl (C=O) groups excluding carboxylic acids is 1. The zero-order valence-corrected chi connectivity index (χ0v) is 11.3. The summed E-state index contributed by atoms with van der Waals surface area (Å²) in [4.78, 5) is 23.4. The number of nitrogens with one attached hydrogen (secondary N) is 2. The number of rotatable bonds is 5. The largest absolute Gasteiger partial charge is 0.353 e. The van der Waals surface area contributed by atoms with E-state index in [1.54, 1.807) is 31.4 Å². The van der Waals surface area contributed by atoms with Gasteiger partial charge in [-0.15, -0.1) is 17.5 Å². The van der Waals surface area contributed by atoms with Crippen LogP contribution in [-0.4, -0.2) is 40.2 Å². The van der Waals surface area contributed by atoms with Crippen molar-refractivity contribution in [2.45, 2.75) is 6.54 Å². The van der Waals surface area contributed by atoms with Gasteiger partial charge in [0.1, 0.15) is 6.54 Å². The van der Waals surface area contributed by atoms with Gasteiger partial charge in [-0.3, -0.25) is 9.20 Å². The van der Waals surface area contributed by atoms with Gasteiger partial charge in [-0.25, -0.2) is 9.48 Å². The van der Waals surface area contributed by atoms with E-state index in [0.29, 0.717) is 18.7 Å². The summed E-state index contributed by atoms with van der Waals surface area (Å²) in [7, 11) is 1.80. The number of fused-ring (bicyclic) bond motifs is 1. The molecule has 0 bridgehead atoms. The smallest absolute Gasteiger partial charge is 0.350 e. The van der Waals surface area contributed by atoms with E-state index in [4.69, 9.17) is 0 Å². The van der Waals surface area contributed by atoms with E-state index in [1.807, 2.05) is 0 Å².